The van der Waals surface area contributed by atoms with Crippen LogP contribution in [-0.2, 0) is 0 Å². The molecule has 1 atom stereocenters. The predicted octanol–water partition coefficient (Wildman–Crippen LogP) is 3.31. The third-order valence-corrected chi connectivity index (χ3v) is 3.00. The van der Waals surface area contributed by atoms with Gasteiger partial charge in [0.05, 0.1) is 11.6 Å². The molecule has 112 valence electrons. The number of Topliss-reactive ketones (excluding diaryl/α,β-unsaturated/α-hetero) is 1. The lowest BCUT2D eigenvalue weighted by Crippen LogP contribution is -2.24. The van der Waals surface area contributed by atoms with Gasteiger partial charge in [-0.2, -0.15) is 13.2 Å². The van der Waals surface area contributed by atoms with Crippen molar-refractivity contribution >= 4 is 11.6 Å². The van der Waals surface area contributed by atoms with Crippen LogP contribution in [0, 0.1) is 12.8 Å². The third kappa shape index (κ3) is 4.47. The number of aromatic nitrogens is 2. The number of anilines is 1. The Morgan fingerprint density at radius 1 is 1.40 bits per heavy atom. The van der Waals surface area contributed by atoms with Crippen molar-refractivity contribution in [1.82, 2.24) is 9.97 Å². The summed E-state index contributed by atoms with van der Waals surface area (Å²) in [6.07, 6.45) is -2.94. The average Bonchev–Trinajstić information content (AvgIpc) is 2.32. The summed E-state index contributed by atoms with van der Waals surface area (Å²) in [6, 6.07) is 0. The number of carbonyl (C=O) groups is 1. The number of ketones is 1. The van der Waals surface area contributed by atoms with Gasteiger partial charge in [0.15, 0.2) is 11.6 Å². The number of nitrogens with zero attached hydrogens (tertiary/aromatic N) is 2. The molecule has 20 heavy (non-hydrogen) atoms. The van der Waals surface area contributed by atoms with Crippen LogP contribution in [0.15, 0.2) is 6.20 Å². The van der Waals surface area contributed by atoms with Gasteiger partial charge in [0.2, 0.25) is 0 Å². The Labute approximate surface area is 115 Å². The molecule has 1 aromatic rings. The van der Waals surface area contributed by atoms with Crippen LogP contribution < -0.4 is 5.73 Å². The minimum Gasteiger partial charge on any atom is -0.382 e. The molecule has 0 amide bonds. The van der Waals surface area contributed by atoms with Gasteiger partial charge < -0.3 is 5.73 Å². The van der Waals surface area contributed by atoms with Crippen molar-refractivity contribution in [2.24, 2.45) is 5.92 Å². The molecular weight excluding hydrogens is 271 g/mol. The largest absolute Gasteiger partial charge is 0.391 e. The summed E-state index contributed by atoms with van der Waals surface area (Å²) >= 11 is 0. The Kier molecular flexibility index (Phi) is 5.47. The van der Waals surface area contributed by atoms with Gasteiger partial charge in [0.25, 0.3) is 0 Å². The molecular formula is C13H18F3N3O. The molecule has 1 aromatic heterocycles. The maximum atomic E-state index is 12.7. The van der Waals surface area contributed by atoms with E-state index in [0.717, 1.165) is 0 Å². The second kappa shape index (κ2) is 6.67. The van der Waals surface area contributed by atoms with Gasteiger partial charge in [-0.25, -0.2) is 9.97 Å². The van der Waals surface area contributed by atoms with Gasteiger partial charge in [0, 0.05) is 12.6 Å². The second-order valence-corrected chi connectivity index (χ2v) is 4.73. The lowest BCUT2D eigenvalue weighted by Gasteiger charge is -2.19. The van der Waals surface area contributed by atoms with E-state index in [4.69, 9.17) is 5.73 Å². The molecule has 0 aromatic carbocycles. The number of nitrogens with two attached hydrogens (primary N) is 1. The predicted molar refractivity (Wildman–Crippen MR) is 69.2 cm³/mol. The Bertz CT molecular complexity index is 474. The zero-order chi connectivity index (χ0) is 15.3. The first-order valence-corrected chi connectivity index (χ1v) is 6.44. The quantitative estimate of drug-likeness (QED) is 0.816. The van der Waals surface area contributed by atoms with Crippen LogP contribution in [0.2, 0.25) is 0 Å². The minimum atomic E-state index is -4.28. The Morgan fingerprint density at radius 2 is 2.05 bits per heavy atom. The third-order valence-electron chi connectivity index (χ3n) is 3.00. The summed E-state index contributed by atoms with van der Waals surface area (Å²) in [6.45, 7) is 3.35. The number of halogens is 3. The van der Waals surface area contributed by atoms with Crippen molar-refractivity contribution in [1.29, 1.82) is 0 Å². The van der Waals surface area contributed by atoms with E-state index in [2.05, 4.69) is 9.97 Å². The molecule has 1 rings (SSSR count). The fourth-order valence-electron chi connectivity index (χ4n) is 1.95. The number of carbonyl (C=O) groups excluding carboxylic acids is 1. The van der Waals surface area contributed by atoms with Gasteiger partial charge in [-0.05, 0) is 19.8 Å². The second-order valence-electron chi connectivity index (χ2n) is 4.73. The minimum absolute atomic E-state index is 0.0197. The van der Waals surface area contributed by atoms with Crippen LogP contribution in [0.4, 0.5) is 19.0 Å². The zero-order valence-electron chi connectivity index (χ0n) is 11.5. The Hall–Kier alpha value is -1.66. The highest BCUT2D eigenvalue weighted by atomic mass is 19.4. The highest BCUT2D eigenvalue weighted by molar-refractivity contribution is 5.97. The van der Waals surface area contributed by atoms with E-state index < -0.39 is 17.9 Å². The fraction of sp³-hybridized carbons (Fsp3) is 0.615. The highest BCUT2D eigenvalue weighted by Crippen LogP contribution is 2.33. The first-order chi connectivity index (χ1) is 9.25. The molecule has 2 N–H and O–H groups in total. The lowest BCUT2D eigenvalue weighted by atomic mass is 9.95. The van der Waals surface area contributed by atoms with Crippen molar-refractivity contribution in [3.8, 4) is 0 Å². The summed E-state index contributed by atoms with van der Waals surface area (Å²) in [7, 11) is 0. The summed E-state index contributed by atoms with van der Waals surface area (Å²) < 4.78 is 38.2. The molecule has 0 aliphatic carbocycles. The summed E-state index contributed by atoms with van der Waals surface area (Å²) in [5, 5.41) is 0. The van der Waals surface area contributed by atoms with E-state index in [1.54, 1.807) is 13.8 Å². The summed E-state index contributed by atoms with van der Waals surface area (Å²) in [4.78, 5) is 19.6. The molecule has 4 nitrogen and oxygen atoms in total. The van der Waals surface area contributed by atoms with Crippen molar-refractivity contribution < 1.29 is 18.0 Å². The van der Waals surface area contributed by atoms with Gasteiger partial charge in [0.1, 0.15) is 5.69 Å². The standard InChI is InChI=1S/C13H18F3N3O/c1-3-4-9(13(14,15)16)5-6-10(20)11-12(17)19-8(2)7-18-11/h7,9H,3-6H2,1-2H3,(H2,17,19)/t9-/m1/s1. The van der Waals surface area contributed by atoms with E-state index in [1.807, 2.05) is 0 Å². The van der Waals surface area contributed by atoms with Gasteiger partial charge >= 0.3 is 6.18 Å². The van der Waals surface area contributed by atoms with Gasteiger partial charge in [-0.3, -0.25) is 4.79 Å². The molecule has 0 saturated heterocycles. The van der Waals surface area contributed by atoms with Crippen molar-refractivity contribution in [3.63, 3.8) is 0 Å². The molecule has 1 heterocycles. The summed E-state index contributed by atoms with van der Waals surface area (Å²) in [5.74, 6) is -1.99. The van der Waals surface area contributed by atoms with Crippen molar-refractivity contribution in [3.05, 3.63) is 17.6 Å². The fourth-order valence-corrected chi connectivity index (χ4v) is 1.95. The average molecular weight is 289 g/mol. The number of rotatable bonds is 6. The van der Waals surface area contributed by atoms with Gasteiger partial charge in [-0.1, -0.05) is 13.3 Å². The van der Waals surface area contributed by atoms with Crippen molar-refractivity contribution in [2.45, 2.75) is 45.7 Å². The highest BCUT2D eigenvalue weighted by Gasteiger charge is 2.38. The SMILES string of the molecule is CCC[C@H](CCC(=O)c1ncc(C)nc1N)C(F)(F)F. The zero-order valence-corrected chi connectivity index (χ0v) is 11.5. The first kappa shape index (κ1) is 16.4. The van der Waals surface area contributed by atoms with Crippen LogP contribution in [0.3, 0.4) is 0 Å². The van der Waals surface area contributed by atoms with E-state index in [0.29, 0.717) is 12.1 Å². The molecule has 0 radical (unpaired) electrons. The van der Waals surface area contributed by atoms with Crippen LogP contribution in [-0.4, -0.2) is 21.9 Å². The number of hydrogen-bond donors (Lipinski definition) is 1. The van der Waals surface area contributed by atoms with Crippen molar-refractivity contribution in [2.75, 3.05) is 5.73 Å². The van der Waals surface area contributed by atoms with E-state index in [-0.39, 0.29) is 30.8 Å². The van der Waals surface area contributed by atoms with Crippen LogP contribution in [0.5, 0.6) is 0 Å². The summed E-state index contributed by atoms with van der Waals surface area (Å²) in [5.41, 5.74) is 6.06. The topological polar surface area (TPSA) is 68.9 Å². The number of alkyl halides is 3. The maximum Gasteiger partial charge on any atom is 0.391 e. The molecule has 0 fully saturated rings. The normalized spacial score (nSPS) is 13.2. The van der Waals surface area contributed by atoms with Crippen LogP contribution in [0.1, 0.15) is 48.8 Å². The van der Waals surface area contributed by atoms with E-state index >= 15 is 0 Å². The lowest BCUT2D eigenvalue weighted by molar-refractivity contribution is -0.177. The molecule has 0 aliphatic rings. The van der Waals surface area contributed by atoms with Gasteiger partial charge in [-0.15, -0.1) is 0 Å². The molecule has 0 aliphatic heterocycles. The van der Waals surface area contributed by atoms with Crippen LogP contribution in [0.25, 0.3) is 0 Å². The molecule has 0 spiro atoms. The molecule has 7 heteroatoms. The number of nitrogen functional groups attached to an aromatic ring is 1. The van der Waals surface area contributed by atoms with E-state index in [1.165, 1.54) is 6.20 Å². The first-order valence-electron chi connectivity index (χ1n) is 6.44. The monoisotopic (exact) mass is 289 g/mol. The smallest absolute Gasteiger partial charge is 0.382 e. The number of aryl methyl sites for hydroxylation is 1. The Balaban J connectivity index is 2.70. The maximum absolute atomic E-state index is 12.7. The molecule has 0 bridgehead atoms. The van der Waals surface area contributed by atoms with E-state index in [9.17, 15) is 18.0 Å². The number of hydrogen-bond acceptors (Lipinski definition) is 4. The Morgan fingerprint density at radius 3 is 2.55 bits per heavy atom. The molecule has 0 unspecified atom stereocenters. The van der Waals surface area contributed by atoms with Crippen LogP contribution >= 0.6 is 0 Å². The molecule has 0 saturated carbocycles.